The number of benzene rings is 1. The predicted molar refractivity (Wildman–Crippen MR) is 50.1 cm³/mol. The van der Waals surface area contributed by atoms with Crippen LogP contribution < -0.4 is 5.73 Å². The van der Waals surface area contributed by atoms with Crippen LogP contribution in [0.25, 0.3) is 0 Å². The number of rotatable bonds is 3. The van der Waals surface area contributed by atoms with Crippen LogP contribution in [0.4, 0.5) is 11.4 Å². The first kappa shape index (κ1) is 10.9. The molecule has 7 heteroatoms. The lowest BCUT2D eigenvalue weighted by Crippen LogP contribution is -2.14. The maximum atomic E-state index is 10.5. The number of aliphatic carboxylic acids is 1. The Labute approximate surface area is 83.9 Å². The number of hydrogen-bond donors (Lipinski definition) is 3. The molecule has 0 spiro atoms. The molecular formula is C8H8N2O5. The molecule has 80 valence electrons. The molecule has 1 unspecified atom stereocenters. The maximum absolute atomic E-state index is 10.5. The van der Waals surface area contributed by atoms with Crippen molar-refractivity contribution in [3.63, 3.8) is 0 Å². The number of nitro groups is 1. The van der Waals surface area contributed by atoms with Crippen LogP contribution in [0.1, 0.15) is 11.7 Å². The zero-order valence-electron chi connectivity index (χ0n) is 7.45. The number of nitrogen functional groups attached to an aromatic ring is 1. The number of aliphatic hydroxyl groups excluding tert-OH is 1. The van der Waals surface area contributed by atoms with Gasteiger partial charge in [0.25, 0.3) is 5.69 Å². The Balaban J connectivity index is 3.37. The molecule has 0 aliphatic carbocycles. The number of carbonyl (C=O) groups is 1. The van der Waals surface area contributed by atoms with Gasteiger partial charge in [-0.05, 0) is 6.07 Å². The minimum Gasteiger partial charge on any atom is -0.479 e. The molecular weight excluding hydrogens is 204 g/mol. The molecule has 15 heavy (non-hydrogen) atoms. The van der Waals surface area contributed by atoms with Crippen LogP contribution in [0.2, 0.25) is 0 Å². The highest BCUT2D eigenvalue weighted by Gasteiger charge is 2.27. The summed E-state index contributed by atoms with van der Waals surface area (Å²) in [5, 5.41) is 28.3. The predicted octanol–water partition coefficient (Wildman–Crippen LogP) is 0.295. The Bertz CT molecular complexity index is 417. The van der Waals surface area contributed by atoms with Gasteiger partial charge in [0.2, 0.25) is 0 Å². The number of anilines is 1. The second kappa shape index (κ2) is 3.93. The molecule has 0 aliphatic rings. The lowest BCUT2D eigenvalue weighted by molar-refractivity contribution is -0.386. The van der Waals surface area contributed by atoms with Gasteiger partial charge in [0, 0.05) is 11.8 Å². The van der Waals surface area contributed by atoms with Crippen molar-refractivity contribution < 1.29 is 19.9 Å². The molecule has 0 radical (unpaired) electrons. The summed E-state index contributed by atoms with van der Waals surface area (Å²) in [6.07, 6.45) is -1.99. The van der Waals surface area contributed by atoms with Crippen molar-refractivity contribution in [2.24, 2.45) is 0 Å². The van der Waals surface area contributed by atoms with Crippen LogP contribution in [0, 0.1) is 10.1 Å². The first-order valence-corrected chi connectivity index (χ1v) is 3.88. The number of aliphatic hydroxyl groups is 1. The van der Waals surface area contributed by atoms with E-state index in [0.29, 0.717) is 0 Å². The maximum Gasteiger partial charge on any atom is 0.337 e. The summed E-state index contributed by atoms with van der Waals surface area (Å²) in [5.41, 5.74) is 4.34. The van der Waals surface area contributed by atoms with Crippen LogP contribution >= 0.6 is 0 Å². The highest BCUT2D eigenvalue weighted by Crippen LogP contribution is 2.30. The summed E-state index contributed by atoms with van der Waals surface area (Å²) >= 11 is 0. The van der Waals surface area contributed by atoms with Crippen LogP contribution in [0.5, 0.6) is 0 Å². The Morgan fingerprint density at radius 1 is 1.53 bits per heavy atom. The average molecular weight is 212 g/mol. The standard InChI is InChI=1S/C8H8N2O5/c9-4-2-1-3-5(10(14)15)6(4)7(11)8(12)13/h1-3,7,11H,9H2,(H,12,13). The Hall–Kier alpha value is -2.15. The van der Waals surface area contributed by atoms with Gasteiger partial charge in [-0.2, -0.15) is 0 Å². The normalized spacial score (nSPS) is 12.1. The monoisotopic (exact) mass is 212 g/mol. The van der Waals surface area contributed by atoms with Crippen molar-refractivity contribution in [2.45, 2.75) is 6.10 Å². The summed E-state index contributed by atoms with van der Waals surface area (Å²) in [6, 6.07) is 3.68. The highest BCUT2D eigenvalue weighted by molar-refractivity contribution is 5.79. The van der Waals surface area contributed by atoms with E-state index in [1.165, 1.54) is 12.1 Å². The summed E-state index contributed by atoms with van der Waals surface area (Å²) in [4.78, 5) is 20.3. The Kier molecular flexibility index (Phi) is 2.86. The lowest BCUT2D eigenvalue weighted by Gasteiger charge is -2.08. The average Bonchev–Trinajstić information content (AvgIpc) is 2.16. The molecule has 0 heterocycles. The Morgan fingerprint density at radius 2 is 2.13 bits per heavy atom. The number of nitrogens with zero attached hydrogens (tertiary/aromatic N) is 1. The van der Waals surface area contributed by atoms with E-state index in [0.717, 1.165) is 6.07 Å². The van der Waals surface area contributed by atoms with Crippen molar-refractivity contribution in [1.29, 1.82) is 0 Å². The van der Waals surface area contributed by atoms with E-state index in [2.05, 4.69) is 0 Å². The van der Waals surface area contributed by atoms with E-state index >= 15 is 0 Å². The smallest absolute Gasteiger partial charge is 0.337 e. The summed E-state index contributed by atoms with van der Waals surface area (Å²) in [6.45, 7) is 0. The molecule has 0 bridgehead atoms. The molecule has 0 fully saturated rings. The SMILES string of the molecule is Nc1cccc([N+](=O)[O-])c1C(O)C(=O)O. The van der Waals surface area contributed by atoms with Crippen molar-refractivity contribution in [2.75, 3.05) is 5.73 Å². The summed E-state index contributed by atoms with van der Waals surface area (Å²) < 4.78 is 0. The molecule has 1 rings (SSSR count). The fourth-order valence-corrected chi connectivity index (χ4v) is 1.15. The zero-order chi connectivity index (χ0) is 11.6. The van der Waals surface area contributed by atoms with Gasteiger partial charge >= 0.3 is 5.97 Å². The molecule has 0 saturated carbocycles. The second-order valence-electron chi connectivity index (χ2n) is 2.78. The molecule has 0 aliphatic heterocycles. The van der Waals surface area contributed by atoms with Gasteiger partial charge in [0.1, 0.15) is 0 Å². The van der Waals surface area contributed by atoms with Crippen LogP contribution in [0.15, 0.2) is 18.2 Å². The largest absolute Gasteiger partial charge is 0.479 e. The number of hydrogen-bond acceptors (Lipinski definition) is 5. The molecule has 1 atom stereocenters. The van der Waals surface area contributed by atoms with Crippen LogP contribution in [-0.2, 0) is 4.79 Å². The molecule has 7 nitrogen and oxygen atoms in total. The lowest BCUT2D eigenvalue weighted by atomic mass is 10.1. The first-order chi connectivity index (χ1) is 6.95. The number of nitro benzene ring substituents is 1. The van der Waals surface area contributed by atoms with E-state index in [1.54, 1.807) is 0 Å². The van der Waals surface area contributed by atoms with Crippen molar-refractivity contribution in [3.8, 4) is 0 Å². The van der Waals surface area contributed by atoms with E-state index in [4.69, 9.17) is 10.8 Å². The van der Waals surface area contributed by atoms with E-state index < -0.39 is 28.2 Å². The van der Waals surface area contributed by atoms with Gasteiger partial charge in [0.05, 0.1) is 10.5 Å². The van der Waals surface area contributed by atoms with Crippen molar-refractivity contribution in [3.05, 3.63) is 33.9 Å². The summed E-state index contributed by atoms with van der Waals surface area (Å²) in [7, 11) is 0. The third kappa shape index (κ3) is 2.02. The third-order valence-electron chi connectivity index (χ3n) is 1.82. The van der Waals surface area contributed by atoms with Crippen LogP contribution in [-0.4, -0.2) is 21.1 Å². The molecule has 0 saturated heterocycles. The summed E-state index contributed by atoms with van der Waals surface area (Å²) in [5.74, 6) is -1.59. The second-order valence-corrected chi connectivity index (χ2v) is 2.78. The van der Waals surface area contributed by atoms with Gasteiger partial charge < -0.3 is 15.9 Å². The fraction of sp³-hybridized carbons (Fsp3) is 0.125. The number of carboxylic acids is 1. The zero-order valence-corrected chi connectivity index (χ0v) is 7.45. The minimum atomic E-state index is -1.99. The third-order valence-corrected chi connectivity index (χ3v) is 1.82. The topological polar surface area (TPSA) is 127 Å². The van der Waals surface area contributed by atoms with Crippen molar-refractivity contribution >= 4 is 17.3 Å². The highest BCUT2D eigenvalue weighted by atomic mass is 16.6. The van der Waals surface area contributed by atoms with E-state index in [-0.39, 0.29) is 5.69 Å². The van der Waals surface area contributed by atoms with Crippen LogP contribution in [0.3, 0.4) is 0 Å². The Morgan fingerprint density at radius 3 is 2.60 bits per heavy atom. The van der Waals surface area contributed by atoms with E-state index in [1.807, 2.05) is 0 Å². The van der Waals surface area contributed by atoms with Gasteiger partial charge in [-0.15, -0.1) is 0 Å². The van der Waals surface area contributed by atoms with Gasteiger partial charge in [-0.3, -0.25) is 10.1 Å². The van der Waals surface area contributed by atoms with Gasteiger partial charge in [-0.1, -0.05) is 6.07 Å². The quantitative estimate of drug-likeness (QED) is 0.375. The first-order valence-electron chi connectivity index (χ1n) is 3.88. The van der Waals surface area contributed by atoms with Gasteiger partial charge in [-0.25, -0.2) is 4.79 Å². The number of nitrogens with two attached hydrogens (primary N) is 1. The number of carboxylic acid groups (broad SMARTS) is 1. The molecule has 4 N–H and O–H groups in total. The molecule has 0 amide bonds. The fourth-order valence-electron chi connectivity index (χ4n) is 1.15. The van der Waals surface area contributed by atoms with E-state index in [9.17, 15) is 20.0 Å². The van der Waals surface area contributed by atoms with Crippen molar-refractivity contribution in [1.82, 2.24) is 0 Å². The molecule has 0 aromatic heterocycles. The molecule has 1 aromatic rings. The van der Waals surface area contributed by atoms with Gasteiger partial charge in [0.15, 0.2) is 6.10 Å². The molecule has 1 aromatic carbocycles. The minimum absolute atomic E-state index is 0.126.